The molecule has 0 aromatic heterocycles. The molecular formula is C25H22ClFN4O4. The molecule has 0 unspecified atom stereocenters. The van der Waals surface area contributed by atoms with Gasteiger partial charge in [0.15, 0.2) is 6.61 Å². The van der Waals surface area contributed by atoms with Gasteiger partial charge in [0.1, 0.15) is 11.6 Å². The first-order chi connectivity index (χ1) is 16.9. The summed E-state index contributed by atoms with van der Waals surface area (Å²) in [6, 6.07) is 17.6. The number of hydrazone groups is 1. The maximum absolute atomic E-state index is 13.6. The Hall–Kier alpha value is -4.24. The highest BCUT2D eigenvalue weighted by molar-refractivity contribution is 6.39. The minimum absolute atomic E-state index is 0.123. The molecule has 0 radical (unpaired) electrons. The van der Waals surface area contributed by atoms with Crippen molar-refractivity contribution in [2.75, 3.05) is 17.2 Å². The number of carbonyl (C=O) groups is 3. The number of rotatable bonds is 8. The third-order valence-electron chi connectivity index (χ3n) is 4.67. The summed E-state index contributed by atoms with van der Waals surface area (Å²) >= 11 is 6.20. The summed E-state index contributed by atoms with van der Waals surface area (Å²) in [6.07, 6.45) is 2.17. The first-order valence-corrected chi connectivity index (χ1v) is 10.9. The molecule has 0 aliphatic rings. The van der Waals surface area contributed by atoms with E-state index in [1.54, 1.807) is 12.1 Å². The number of nitrogens with zero attached hydrogens (tertiary/aromatic N) is 1. The van der Waals surface area contributed by atoms with E-state index in [1.165, 1.54) is 36.0 Å². The molecule has 0 aliphatic carbocycles. The molecule has 8 nitrogen and oxygen atoms in total. The van der Waals surface area contributed by atoms with E-state index in [4.69, 9.17) is 16.3 Å². The molecule has 0 aliphatic heterocycles. The summed E-state index contributed by atoms with van der Waals surface area (Å²) < 4.78 is 19.0. The monoisotopic (exact) mass is 496 g/mol. The molecule has 35 heavy (non-hydrogen) atoms. The zero-order valence-corrected chi connectivity index (χ0v) is 19.4. The predicted molar refractivity (Wildman–Crippen MR) is 132 cm³/mol. The van der Waals surface area contributed by atoms with Gasteiger partial charge in [0.2, 0.25) is 0 Å². The number of halogens is 2. The summed E-state index contributed by atoms with van der Waals surface area (Å²) in [6.45, 7) is 1.81. The lowest BCUT2D eigenvalue weighted by Gasteiger charge is -2.09. The fraction of sp³-hybridized carbons (Fsp3) is 0.120. The van der Waals surface area contributed by atoms with Crippen molar-refractivity contribution in [1.82, 2.24) is 5.43 Å². The zero-order valence-electron chi connectivity index (χ0n) is 18.7. The second kappa shape index (κ2) is 12.3. The molecule has 0 saturated carbocycles. The Labute approximate surface area is 206 Å². The van der Waals surface area contributed by atoms with Crippen molar-refractivity contribution in [3.63, 3.8) is 0 Å². The Morgan fingerprint density at radius 1 is 1.00 bits per heavy atom. The van der Waals surface area contributed by atoms with Crippen molar-refractivity contribution >= 4 is 46.9 Å². The predicted octanol–water partition coefficient (Wildman–Crippen LogP) is 4.15. The smallest absolute Gasteiger partial charge is 0.329 e. The number of nitrogens with one attached hydrogen (secondary N) is 3. The van der Waals surface area contributed by atoms with Gasteiger partial charge in [0.25, 0.3) is 5.91 Å². The van der Waals surface area contributed by atoms with Crippen molar-refractivity contribution < 1.29 is 23.5 Å². The Balaban J connectivity index is 1.48. The Morgan fingerprint density at radius 3 is 2.43 bits per heavy atom. The van der Waals surface area contributed by atoms with E-state index in [9.17, 15) is 18.8 Å². The lowest BCUT2D eigenvalue weighted by Crippen LogP contribution is -2.32. The molecule has 180 valence electrons. The molecule has 0 spiro atoms. The molecule has 3 amide bonds. The lowest BCUT2D eigenvalue weighted by molar-refractivity contribution is -0.136. The van der Waals surface area contributed by atoms with Crippen LogP contribution < -0.4 is 20.8 Å². The number of amides is 3. The summed E-state index contributed by atoms with van der Waals surface area (Å²) in [5.41, 5.74) is 4.25. The van der Waals surface area contributed by atoms with E-state index < -0.39 is 17.6 Å². The zero-order chi connectivity index (χ0) is 25.2. The number of benzene rings is 3. The van der Waals surface area contributed by atoms with Crippen LogP contribution in [0.15, 0.2) is 71.8 Å². The molecule has 0 saturated heterocycles. The minimum atomic E-state index is -1.08. The number of hydrogen-bond donors (Lipinski definition) is 3. The number of ether oxygens (including phenoxy) is 1. The molecular weight excluding hydrogens is 475 g/mol. The maximum Gasteiger partial charge on any atom is 0.329 e. The van der Waals surface area contributed by atoms with Crippen LogP contribution in [0.5, 0.6) is 5.75 Å². The van der Waals surface area contributed by atoms with Crippen LogP contribution in [0.3, 0.4) is 0 Å². The number of carbonyl (C=O) groups excluding carboxylic acids is 3. The largest absolute Gasteiger partial charge is 0.482 e. The van der Waals surface area contributed by atoms with Crippen molar-refractivity contribution in [3.8, 4) is 5.75 Å². The Kier molecular flexibility index (Phi) is 8.91. The van der Waals surface area contributed by atoms with Gasteiger partial charge in [-0.2, -0.15) is 5.10 Å². The van der Waals surface area contributed by atoms with Crippen molar-refractivity contribution in [3.05, 3.63) is 88.7 Å². The standard InChI is InChI=1S/C25H22ClFN4O4/c1-2-16-7-10-18(11-8-16)29-23(32)15-35-22-12-9-17(13-19(22)26)14-28-31-25(34)24(33)30-21-6-4-3-5-20(21)27/h3-14H,2,15H2,1H3,(H,29,32)(H,30,33)(H,31,34)/b28-14-. The molecule has 0 atom stereocenters. The normalized spacial score (nSPS) is 10.6. The van der Waals surface area contributed by atoms with Crippen LogP contribution >= 0.6 is 11.6 Å². The van der Waals surface area contributed by atoms with E-state index >= 15 is 0 Å². The van der Waals surface area contributed by atoms with Crippen molar-refractivity contribution in [2.45, 2.75) is 13.3 Å². The molecule has 0 bridgehead atoms. The maximum atomic E-state index is 13.6. The fourth-order valence-corrected chi connectivity index (χ4v) is 3.08. The first kappa shape index (κ1) is 25.4. The van der Waals surface area contributed by atoms with Gasteiger partial charge in [-0.15, -0.1) is 0 Å². The molecule has 0 fully saturated rings. The SMILES string of the molecule is CCc1ccc(NC(=O)COc2ccc(/C=N\NC(=O)C(=O)Nc3ccccc3F)cc2Cl)cc1. The highest BCUT2D eigenvalue weighted by atomic mass is 35.5. The minimum Gasteiger partial charge on any atom is -0.482 e. The third kappa shape index (κ3) is 7.65. The first-order valence-electron chi connectivity index (χ1n) is 10.6. The summed E-state index contributed by atoms with van der Waals surface area (Å²) in [5, 5.41) is 8.79. The van der Waals surface area contributed by atoms with Crippen LogP contribution in [0.1, 0.15) is 18.1 Å². The van der Waals surface area contributed by atoms with Crippen LogP contribution in [-0.2, 0) is 20.8 Å². The molecule has 3 N–H and O–H groups in total. The van der Waals surface area contributed by atoms with Crippen LogP contribution in [0.4, 0.5) is 15.8 Å². The van der Waals surface area contributed by atoms with Crippen LogP contribution in [0.25, 0.3) is 0 Å². The molecule has 0 heterocycles. The Morgan fingerprint density at radius 2 is 1.74 bits per heavy atom. The van der Waals surface area contributed by atoms with Gasteiger partial charge >= 0.3 is 11.8 Å². The van der Waals surface area contributed by atoms with Crippen molar-refractivity contribution in [1.29, 1.82) is 0 Å². The second-order valence-corrected chi connectivity index (χ2v) is 7.62. The van der Waals surface area contributed by atoms with Gasteiger partial charge in [-0.3, -0.25) is 14.4 Å². The number of aryl methyl sites for hydroxylation is 1. The van der Waals surface area contributed by atoms with Crippen LogP contribution in [0.2, 0.25) is 5.02 Å². The topological polar surface area (TPSA) is 109 Å². The molecule has 3 rings (SSSR count). The van der Waals surface area contributed by atoms with E-state index in [1.807, 2.05) is 36.6 Å². The molecule has 10 heteroatoms. The van der Waals surface area contributed by atoms with E-state index in [0.717, 1.165) is 12.5 Å². The van der Waals surface area contributed by atoms with Crippen LogP contribution in [0, 0.1) is 5.82 Å². The number of hydrogen-bond acceptors (Lipinski definition) is 5. The summed E-state index contributed by atoms with van der Waals surface area (Å²) in [5.74, 6) is -2.88. The van der Waals surface area contributed by atoms with Gasteiger partial charge in [-0.1, -0.05) is 42.8 Å². The number of anilines is 2. The number of para-hydroxylation sites is 1. The van der Waals surface area contributed by atoms with Gasteiger partial charge in [0, 0.05) is 5.69 Å². The fourth-order valence-electron chi connectivity index (χ4n) is 2.84. The second-order valence-electron chi connectivity index (χ2n) is 7.21. The van der Waals surface area contributed by atoms with Gasteiger partial charge in [0.05, 0.1) is 16.9 Å². The molecule has 3 aromatic rings. The third-order valence-corrected chi connectivity index (χ3v) is 4.96. The molecule has 3 aromatic carbocycles. The summed E-state index contributed by atoms with van der Waals surface area (Å²) in [7, 11) is 0. The lowest BCUT2D eigenvalue weighted by atomic mass is 10.1. The summed E-state index contributed by atoms with van der Waals surface area (Å²) in [4.78, 5) is 35.8. The van der Waals surface area contributed by atoms with Crippen LogP contribution in [-0.4, -0.2) is 30.5 Å². The highest BCUT2D eigenvalue weighted by Crippen LogP contribution is 2.25. The average Bonchev–Trinajstić information content (AvgIpc) is 2.85. The van der Waals surface area contributed by atoms with E-state index in [2.05, 4.69) is 15.7 Å². The van der Waals surface area contributed by atoms with E-state index in [0.29, 0.717) is 11.3 Å². The van der Waals surface area contributed by atoms with Gasteiger partial charge in [-0.05, 0) is 60.0 Å². The van der Waals surface area contributed by atoms with Crippen molar-refractivity contribution in [2.24, 2.45) is 5.10 Å². The van der Waals surface area contributed by atoms with E-state index in [-0.39, 0.29) is 29.0 Å². The Bertz CT molecular complexity index is 1250. The highest BCUT2D eigenvalue weighted by Gasteiger charge is 2.14. The quantitative estimate of drug-likeness (QED) is 0.247. The average molecular weight is 497 g/mol. The van der Waals surface area contributed by atoms with Gasteiger partial charge < -0.3 is 15.4 Å². The van der Waals surface area contributed by atoms with Gasteiger partial charge in [-0.25, -0.2) is 9.82 Å².